The van der Waals surface area contributed by atoms with Crippen molar-refractivity contribution in [2.45, 2.75) is 19.8 Å². The lowest BCUT2D eigenvalue weighted by Crippen LogP contribution is -2.36. The third kappa shape index (κ3) is 2.51. The Hall–Kier alpha value is -4.22. The van der Waals surface area contributed by atoms with E-state index in [1.807, 2.05) is 12.1 Å². The van der Waals surface area contributed by atoms with E-state index in [9.17, 15) is 5.26 Å². The number of aryl methyl sites for hydroxylation is 1. The van der Waals surface area contributed by atoms with Crippen LogP contribution in [0.2, 0.25) is 0 Å². The molecule has 0 amide bonds. The minimum absolute atomic E-state index is 0.728. The van der Waals surface area contributed by atoms with E-state index in [4.69, 9.17) is 0 Å². The van der Waals surface area contributed by atoms with Crippen molar-refractivity contribution in [1.29, 1.82) is 5.26 Å². The lowest BCUT2D eigenvalue weighted by molar-refractivity contribution is -0.604. The van der Waals surface area contributed by atoms with Gasteiger partial charge in [-0.2, -0.15) is 9.83 Å². The number of nitriles is 1. The van der Waals surface area contributed by atoms with Crippen molar-refractivity contribution >= 4 is 10.8 Å². The fourth-order valence-electron chi connectivity index (χ4n) is 5.83. The SMILES string of the molecule is Cc1ccc(C#N)c(-c2c3c(cc4ccccc24)Cc2c-3ccc3[n+]2-c2ccccc2C3)c1. The van der Waals surface area contributed by atoms with Crippen LogP contribution in [-0.4, -0.2) is 0 Å². The summed E-state index contributed by atoms with van der Waals surface area (Å²) < 4.78 is 2.47. The van der Waals surface area contributed by atoms with Gasteiger partial charge in [0.25, 0.3) is 0 Å². The monoisotopic (exact) mass is 421 g/mol. The highest BCUT2D eigenvalue weighted by Crippen LogP contribution is 2.47. The normalized spacial score (nSPS) is 12.7. The van der Waals surface area contributed by atoms with Gasteiger partial charge in [0, 0.05) is 28.8 Å². The second kappa shape index (κ2) is 6.64. The number of fused-ring (bicyclic) bond motifs is 8. The van der Waals surface area contributed by atoms with Crippen molar-refractivity contribution in [3.05, 3.63) is 119 Å². The Kier molecular flexibility index (Phi) is 3.69. The molecule has 33 heavy (non-hydrogen) atoms. The maximum Gasteiger partial charge on any atom is 0.214 e. The average molecular weight is 422 g/mol. The number of pyridine rings is 1. The Bertz CT molecular complexity index is 1680. The Balaban J connectivity index is 1.60. The Labute approximate surface area is 193 Å². The average Bonchev–Trinajstić information content (AvgIpc) is 3.40. The number of para-hydroxylation sites is 1. The molecule has 5 aromatic rings. The first-order chi connectivity index (χ1) is 16.2. The standard InChI is InChI=1S/C31H21N2/c1-19-10-11-22(18-32)27(14-19)31-25-8-4-2-6-20(25)15-23-17-29-26(30(23)31)13-12-24-16-21-7-3-5-9-28(21)33(24)29/h2-15H,16-17H2,1H3/q+1. The third-order valence-electron chi connectivity index (χ3n) is 7.24. The van der Waals surface area contributed by atoms with E-state index in [1.165, 1.54) is 61.2 Å². The maximum absolute atomic E-state index is 9.97. The Morgan fingerprint density at radius 1 is 0.758 bits per heavy atom. The maximum atomic E-state index is 9.97. The van der Waals surface area contributed by atoms with Crippen molar-refractivity contribution in [2.75, 3.05) is 0 Å². The van der Waals surface area contributed by atoms with Gasteiger partial charge in [0.05, 0.1) is 30.0 Å². The molecule has 0 radical (unpaired) electrons. The molecule has 1 aromatic heterocycles. The molecule has 0 saturated heterocycles. The quantitative estimate of drug-likeness (QED) is 0.280. The summed E-state index contributed by atoms with van der Waals surface area (Å²) in [5.41, 5.74) is 13.4. The summed E-state index contributed by atoms with van der Waals surface area (Å²) in [4.78, 5) is 0. The van der Waals surface area contributed by atoms with Gasteiger partial charge in [-0.1, -0.05) is 60.2 Å². The van der Waals surface area contributed by atoms with Crippen LogP contribution in [-0.2, 0) is 12.8 Å². The fourth-order valence-corrected chi connectivity index (χ4v) is 5.83. The van der Waals surface area contributed by atoms with Gasteiger partial charge in [-0.25, -0.2) is 0 Å². The van der Waals surface area contributed by atoms with Crippen LogP contribution >= 0.6 is 0 Å². The van der Waals surface area contributed by atoms with E-state index in [0.29, 0.717) is 0 Å². The summed E-state index contributed by atoms with van der Waals surface area (Å²) in [6.45, 7) is 2.10. The number of rotatable bonds is 1. The van der Waals surface area contributed by atoms with E-state index in [1.54, 1.807) is 0 Å². The third-order valence-corrected chi connectivity index (χ3v) is 7.24. The molecule has 0 unspecified atom stereocenters. The van der Waals surface area contributed by atoms with Gasteiger partial charge < -0.3 is 0 Å². The molecule has 0 saturated carbocycles. The van der Waals surface area contributed by atoms with Gasteiger partial charge in [-0.3, -0.25) is 0 Å². The van der Waals surface area contributed by atoms with Crippen molar-refractivity contribution < 1.29 is 4.57 Å². The van der Waals surface area contributed by atoms with Crippen LogP contribution in [0.1, 0.15) is 33.6 Å². The molecule has 2 heteroatoms. The molecule has 154 valence electrons. The summed E-state index contributed by atoms with van der Waals surface area (Å²) in [5, 5.41) is 12.4. The molecule has 1 aliphatic carbocycles. The lowest BCUT2D eigenvalue weighted by atomic mass is 9.87. The van der Waals surface area contributed by atoms with Crippen LogP contribution in [0.15, 0.2) is 84.9 Å². The molecule has 0 atom stereocenters. The van der Waals surface area contributed by atoms with Crippen molar-refractivity contribution in [2.24, 2.45) is 0 Å². The Morgan fingerprint density at radius 3 is 2.52 bits per heavy atom. The zero-order valence-electron chi connectivity index (χ0n) is 18.4. The minimum Gasteiger partial charge on any atom is -0.192 e. The first-order valence-electron chi connectivity index (χ1n) is 11.4. The predicted octanol–water partition coefficient (Wildman–Crippen LogP) is 6.44. The second-order valence-electron chi connectivity index (χ2n) is 9.17. The molecule has 7 rings (SSSR count). The summed E-state index contributed by atoms with van der Waals surface area (Å²) >= 11 is 0. The highest BCUT2D eigenvalue weighted by molar-refractivity contribution is 6.07. The number of hydrogen-bond donors (Lipinski definition) is 0. The van der Waals surface area contributed by atoms with Crippen LogP contribution in [0.5, 0.6) is 0 Å². The first-order valence-corrected chi connectivity index (χ1v) is 11.4. The van der Waals surface area contributed by atoms with Crippen LogP contribution in [0.4, 0.5) is 0 Å². The van der Waals surface area contributed by atoms with Gasteiger partial charge in [-0.15, -0.1) is 0 Å². The van der Waals surface area contributed by atoms with E-state index < -0.39 is 0 Å². The minimum atomic E-state index is 0.728. The molecule has 0 bridgehead atoms. The number of aromatic nitrogens is 1. The van der Waals surface area contributed by atoms with Crippen molar-refractivity contribution in [3.63, 3.8) is 0 Å². The number of hydrogen-bond acceptors (Lipinski definition) is 1. The predicted molar refractivity (Wildman–Crippen MR) is 131 cm³/mol. The van der Waals surface area contributed by atoms with Crippen molar-refractivity contribution in [3.8, 4) is 34.0 Å². The molecular formula is C31H21N2+. The molecule has 2 heterocycles. The van der Waals surface area contributed by atoms with E-state index in [0.717, 1.165) is 24.0 Å². The van der Waals surface area contributed by atoms with Crippen LogP contribution in [0.25, 0.3) is 38.7 Å². The molecule has 0 N–H and O–H groups in total. The highest BCUT2D eigenvalue weighted by Gasteiger charge is 2.37. The van der Waals surface area contributed by atoms with Gasteiger partial charge >= 0.3 is 0 Å². The smallest absolute Gasteiger partial charge is 0.192 e. The molecule has 0 fully saturated rings. The van der Waals surface area contributed by atoms with Gasteiger partial charge in [0.15, 0.2) is 11.4 Å². The zero-order valence-corrected chi connectivity index (χ0v) is 18.4. The number of benzene rings is 4. The second-order valence-corrected chi connectivity index (χ2v) is 9.17. The molecule has 2 nitrogen and oxygen atoms in total. The summed E-state index contributed by atoms with van der Waals surface area (Å²) in [5.74, 6) is 0. The van der Waals surface area contributed by atoms with Crippen LogP contribution in [0.3, 0.4) is 0 Å². The Morgan fingerprint density at radius 2 is 1.61 bits per heavy atom. The molecule has 0 spiro atoms. The first kappa shape index (κ1) is 18.4. The van der Waals surface area contributed by atoms with E-state index >= 15 is 0 Å². The van der Waals surface area contributed by atoms with Gasteiger partial charge in [0.1, 0.15) is 0 Å². The fraction of sp³-hybridized carbons (Fsp3) is 0.0968. The highest BCUT2D eigenvalue weighted by atomic mass is 15.0. The van der Waals surface area contributed by atoms with Crippen molar-refractivity contribution in [1.82, 2.24) is 0 Å². The zero-order chi connectivity index (χ0) is 22.1. The topological polar surface area (TPSA) is 27.7 Å². The molecule has 4 aromatic carbocycles. The van der Waals surface area contributed by atoms with Gasteiger partial charge in [-0.05, 0) is 47.0 Å². The molecular weight excluding hydrogens is 400 g/mol. The van der Waals surface area contributed by atoms with Crippen LogP contribution < -0.4 is 4.57 Å². The van der Waals surface area contributed by atoms with E-state index in [2.05, 4.69) is 90.4 Å². The van der Waals surface area contributed by atoms with Gasteiger partial charge in [0.2, 0.25) is 5.69 Å². The summed E-state index contributed by atoms with van der Waals surface area (Å²) in [7, 11) is 0. The molecule has 2 aliphatic rings. The lowest BCUT2D eigenvalue weighted by Gasteiger charge is -2.15. The largest absolute Gasteiger partial charge is 0.214 e. The summed E-state index contributed by atoms with van der Waals surface area (Å²) in [6, 6.07) is 32.9. The summed E-state index contributed by atoms with van der Waals surface area (Å²) in [6.07, 6.45) is 1.88. The number of nitrogens with zero attached hydrogens (tertiary/aromatic N) is 2. The molecule has 1 aliphatic heterocycles. The van der Waals surface area contributed by atoms with Crippen LogP contribution in [0, 0.1) is 18.3 Å². The van der Waals surface area contributed by atoms with E-state index in [-0.39, 0.29) is 0 Å².